The van der Waals surface area contributed by atoms with Gasteiger partial charge in [-0.1, -0.05) is 24.3 Å². The molecule has 0 bridgehead atoms. The highest BCUT2D eigenvalue weighted by molar-refractivity contribution is 7.18. The second-order valence-electron chi connectivity index (χ2n) is 8.86. The van der Waals surface area contributed by atoms with Crippen LogP contribution in [0.15, 0.2) is 48.5 Å². The van der Waals surface area contributed by atoms with Gasteiger partial charge >= 0.3 is 0 Å². The second kappa shape index (κ2) is 9.25. The molecule has 2 unspecified atom stereocenters. The van der Waals surface area contributed by atoms with Gasteiger partial charge in [0.1, 0.15) is 11.1 Å². The third kappa shape index (κ3) is 4.48. The first kappa shape index (κ1) is 20.9. The van der Waals surface area contributed by atoms with Crippen LogP contribution >= 0.6 is 11.3 Å². The Morgan fingerprint density at radius 1 is 1.10 bits per heavy atom. The lowest BCUT2D eigenvalue weighted by Crippen LogP contribution is -2.35. The molecule has 1 aromatic heterocycles. The summed E-state index contributed by atoms with van der Waals surface area (Å²) in [5.41, 5.74) is 9.55. The fraction of sp³-hybridized carbons (Fsp3) is 0.480. The second-order valence-corrected chi connectivity index (χ2v) is 9.92. The first-order valence-corrected chi connectivity index (χ1v) is 12.3. The smallest absolute Gasteiger partial charge is 0.134 e. The summed E-state index contributed by atoms with van der Waals surface area (Å²) in [6.45, 7) is 3.96. The van der Waals surface area contributed by atoms with Gasteiger partial charge in [0.15, 0.2) is 0 Å². The van der Waals surface area contributed by atoms with Crippen molar-refractivity contribution in [3.8, 4) is 0 Å². The highest BCUT2D eigenvalue weighted by Crippen LogP contribution is 2.37. The number of rotatable bonds is 6. The molecule has 31 heavy (non-hydrogen) atoms. The van der Waals surface area contributed by atoms with Crippen molar-refractivity contribution >= 4 is 27.2 Å². The highest BCUT2D eigenvalue weighted by Gasteiger charge is 2.28. The number of anilines is 1. The van der Waals surface area contributed by atoms with Gasteiger partial charge in [-0.2, -0.15) is 0 Å². The van der Waals surface area contributed by atoms with E-state index < -0.39 is 0 Å². The van der Waals surface area contributed by atoms with Gasteiger partial charge in [-0.3, -0.25) is 0 Å². The van der Waals surface area contributed by atoms with E-state index in [-0.39, 0.29) is 12.2 Å². The lowest BCUT2D eigenvalue weighted by atomic mass is 10.1. The SMILES string of the molecule is CN1CCC(OC(c2cccc(N3CCCC3CN)c2)c2nc3ccccc3s2)CC1. The van der Waals surface area contributed by atoms with E-state index in [4.69, 9.17) is 15.5 Å². The number of ether oxygens (including phenoxy) is 1. The van der Waals surface area contributed by atoms with Gasteiger partial charge < -0.3 is 20.3 Å². The minimum absolute atomic E-state index is 0.135. The number of piperidine rings is 1. The van der Waals surface area contributed by atoms with Gasteiger partial charge in [-0.25, -0.2) is 4.98 Å². The quantitative estimate of drug-likeness (QED) is 0.620. The molecule has 3 aromatic rings. The average Bonchev–Trinajstić information content (AvgIpc) is 3.45. The summed E-state index contributed by atoms with van der Waals surface area (Å²) in [5.74, 6) is 0. The van der Waals surface area contributed by atoms with E-state index in [1.807, 2.05) is 0 Å². The minimum Gasteiger partial charge on any atom is -0.367 e. The van der Waals surface area contributed by atoms with Gasteiger partial charge in [0.05, 0.1) is 16.3 Å². The Kier molecular flexibility index (Phi) is 6.23. The van der Waals surface area contributed by atoms with Crippen molar-refractivity contribution in [3.63, 3.8) is 0 Å². The number of likely N-dealkylation sites (tertiary alicyclic amines) is 1. The van der Waals surface area contributed by atoms with Crippen LogP contribution in [-0.2, 0) is 4.74 Å². The first-order chi connectivity index (χ1) is 15.2. The third-order valence-electron chi connectivity index (χ3n) is 6.68. The lowest BCUT2D eigenvalue weighted by Gasteiger charge is -2.32. The summed E-state index contributed by atoms with van der Waals surface area (Å²) in [7, 11) is 2.19. The Balaban J connectivity index is 1.48. The maximum Gasteiger partial charge on any atom is 0.134 e. The molecule has 0 spiro atoms. The predicted molar refractivity (Wildman–Crippen MR) is 129 cm³/mol. The lowest BCUT2D eigenvalue weighted by molar-refractivity contribution is -0.0234. The zero-order valence-electron chi connectivity index (χ0n) is 18.2. The highest BCUT2D eigenvalue weighted by atomic mass is 32.1. The molecule has 0 saturated carbocycles. The normalized spacial score (nSPS) is 21.7. The molecular formula is C25H32N4OS. The molecule has 2 N–H and O–H groups in total. The first-order valence-electron chi connectivity index (χ1n) is 11.5. The Bertz CT molecular complexity index is 980. The molecule has 5 rings (SSSR count). The van der Waals surface area contributed by atoms with E-state index in [0.29, 0.717) is 12.6 Å². The molecule has 6 heteroatoms. The Morgan fingerprint density at radius 3 is 2.74 bits per heavy atom. The van der Waals surface area contributed by atoms with E-state index in [0.717, 1.165) is 43.0 Å². The van der Waals surface area contributed by atoms with Crippen molar-refractivity contribution in [1.29, 1.82) is 0 Å². The molecule has 2 fully saturated rings. The Morgan fingerprint density at radius 2 is 1.94 bits per heavy atom. The number of fused-ring (bicyclic) bond motifs is 1. The van der Waals surface area contributed by atoms with E-state index in [1.54, 1.807) is 11.3 Å². The van der Waals surface area contributed by atoms with Crippen molar-refractivity contribution in [3.05, 3.63) is 59.1 Å². The summed E-state index contributed by atoms with van der Waals surface area (Å²) in [6.07, 6.45) is 4.65. The van der Waals surface area contributed by atoms with Crippen LogP contribution in [0.1, 0.15) is 42.4 Å². The van der Waals surface area contributed by atoms with Crippen LogP contribution in [0.4, 0.5) is 5.69 Å². The summed E-state index contributed by atoms with van der Waals surface area (Å²) in [5, 5.41) is 1.05. The number of nitrogens with two attached hydrogens (primary N) is 1. The standard InChI is InChI=1S/C25H32N4OS/c1-28-14-11-21(12-15-28)30-24(25-27-22-9-2-3-10-23(22)31-25)18-6-4-7-19(16-18)29-13-5-8-20(29)17-26/h2-4,6-7,9-10,16,20-21,24H,5,8,11-15,17,26H2,1H3. The Labute approximate surface area is 188 Å². The number of hydrogen-bond donors (Lipinski definition) is 1. The molecule has 5 nitrogen and oxygen atoms in total. The summed E-state index contributed by atoms with van der Waals surface area (Å²) < 4.78 is 8.01. The van der Waals surface area contributed by atoms with Crippen LogP contribution in [0.5, 0.6) is 0 Å². The fourth-order valence-corrected chi connectivity index (χ4v) is 5.92. The van der Waals surface area contributed by atoms with E-state index >= 15 is 0 Å². The molecule has 2 aliphatic heterocycles. The predicted octanol–water partition coefficient (Wildman–Crippen LogP) is 4.42. The van der Waals surface area contributed by atoms with Crippen molar-refractivity contribution in [2.24, 2.45) is 5.73 Å². The zero-order valence-corrected chi connectivity index (χ0v) is 19.1. The molecule has 0 amide bonds. The number of aromatic nitrogens is 1. The van der Waals surface area contributed by atoms with Crippen LogP contribution < -0.4 is 10.6 Å². The number of nitrogens with zero attached hydrogens (tertiary/aromatic N) is 3. The molecule has 2 aliphatic rings. The van der Waals surface area contributed by atoms with E-state index in [2.05, 4.69) is 65.4 Å². The fourth-order valence-electron chi connectivity index (χ4n) is 4.88. The van der Waals surface area contributed by atoms with Crippen LogP contribution in [-0.4, -0.2) is 55.3 Å². The van der Waals surface area contributed by atoms with Crippen LogP contribution in [0.2, 0.25) is 0 Å². The number of thiazole rings is 1. The molecule has 2 atom stereocenters. The summed E-state index contributed by atoms with van der Waals surface area (Å²) in [4.78, 5) is 9.83. The van der Waals surface area contributed by atoms with Gasteiger partial charge in [-0.05, 0) is 62.6 Å². The maximum absolute atomic E-state index is 6.79. The molecule has 3 heterocycles. The van der Waals surface area contributed by atoms with Gasteiger partial charge in [-0.15, -0.1) is 11.3 Å². The van der Waals surface area contributed by atoms with E-state index in [9.17, 15) is 0 Å². The van der Waals surface area contributed by atoms with Gasteiger partial charge in [0, 0.05) is 37.9 Å². The monoisotopic (exact) mass is 436 g/mol. The Hall–Kier alpha value is -1.99. The van der Waals surface area contributed by atoms with Crippen LogP contribution in [0.3, 0.4) is 0 Å². The van der Waals surface area contributed by atoms with Crippen molar-refractivity contribution in [2.75, 3.05) is 38.1 Å². The number of hydrogen-bond acceptors (Lipinski definition) is 6. The molecule has 2 saturated heterocycles. The maximum atomic E-state index is 6.79. The van der Waals surface area contributed by atoms with Gasteiger partial charge in [0.25, 0.3) is 0 Å². The third-order valence-corrected chi connectivity index (χ3v) is 7.76. The van der Waals surface area contributed by atoms with Gasteiger partial charge in [0.2, 0.25) is 0 Å². The molecule has 0 aliphatic carbocycles. The van der Waals surface area contributed by atoms with Crippen molar-refractivity contribution in [2.45, 2.75) is 43.9 Å². The minimum atomic E-state index is -0.135. The largest absolute Gasteiger partial charge is 0.367 e. The number of para-hydroxylation sites is 1. The summed E-state index contributed by atoms with van der Waals surface area (Å²) in [6, 6.07) is 17.7. The molecular weight excluding hydrogens is 404 g/mol. The molecule has 164 valence electrons. The molecule has 0 radical (unpaired) electrons. The number of benzene rings is 2. The average molecular weight is 437 g/mol. The summed E-state index contributed by atoms with van der Waals surface area (Å²) >= 11 is 1.75. The zero-order chi connectivity index (χ0) is 21.2. The topological polar surface area (TPSA) is 54.6 Å². The van der Waals surface area contributed by atoms with Crippen LogP contribution in [0.25, 0.3) is 10.2 Å². The molecule has 2 aromatic carbocycles. The van der Waals surface area contributed by atoms with Crippen LogP contribution in [0, 0.1) is 0 Å². The van der Waals surface area contributed by atoms with Crippen molar-refractivity contribution < 1.29 is 4.74 Å². The van der Waals surface area contributed by atoms with E-state index in [1.165, 1.54) is 28.8 Å². The van der Waals surface area contributed by atoms with Crippen molar-refractivity contribution in [1.82, 2.24) is 9.88 Å².